The number of amides is 1. The Balaban J connectivity index is 1.04. The third-order valence-electron chi connectivity index (χ3n) is 8.70. The third-order valence-corrected chi connectivity index (χ3v) is 10.5. The molecule has 2 saturated heterocycles. The topological polar surface area (TPSA) is 103 Å². The summed E-state index contributed by atoms with van der Waals surface area (Å²) in [4.78, 5) is 19.5. The van der Waals surface area contributed by atoms with Gasteiger partial charge in [0.05, 0.1) is 15.5 Å². The molecule has 10 heteroatoms. The lowest BCUT2D eigenvalue weighted by molar-refractivity contribution is 0.0579. The fourth-order valence-corrected chi connectivity index (χ4v) is 7.52. The van der Waals surface area contributed by atoms with E-state index >= 15 is 0 Å². The Labute approximate surface area is 246 Å². The molecule has 3 aromatic carbocycles. The Morgan fingerprint density at radius 1 is 0.881 bits per heavy atom. The number of fused-ring (bicyclic) bond motifs is 1. The van der Waals surface area contributed by atoms with Gasteiger partial charge in [-0.05, 0) is 80.6 Å². The molecule has 0 spiro atoms. The first-order chi connectivity index (χ1) is 20.3. The Morgan fingerprint density at radius 2 is 1.55 bits per heavy atom. The van der Waals surface area contributed by atoms with E-state index in [1.54, 1.807) is 35.2 Å². The van der Waals surface area contributed by atoms with Crippen LogP contribution >= 0.6 is 0 Å². The second-order valence-corrected chi connectivity index (χ2v) is 13.0. The van der Waals surface area contributed by atoms with Crippen LogP contribution in [0.1, 0.15) is 41.6 Å². The van der Waals surface area contributed by atoms with Gasteiger partial charge >= 0.3 is 0 Å². The highest BCUT2D eigenvalue weighted by Gasteiger charge is 2.32. The molecule has 0 atom stereocenters. The number of hydrogen-bond donors (Lipinski definition) is 0. The summed E-state index contributed by atoms with van der Waals surface area (Å²) in [5.41, 5.74) is 2.48. The molecular formula is C32H34N4O5S. The highest BCUT2D eigenvalue weighted by atomic mass is 32.2. The Kier molecular flexibility index (Phi) is 7.80. The second-order valence-electron chi connectivity index (χ2n) is 11.1. The first kappa shape index (κ1) is 28.1. The van der Waals surface area contributed by atoms with E-state index in [4.69, 9.17) is 9.47 Å². The van der Waals surface area contributed by atoms with Crippen LogP contribution in [-0.4, -0.2) is 69.2 Å². The molecule has 0 bridgehead atoms. The quantitative estimate of drug-likeness (QED) is 0.305. The maximum atomic E-state index is 13.2. The molecule has 0 N–H and O–H groups in total. The zero-order valence-electron chi connectivity index (χ0n) is 23.6. The van der Waals surface area contributed by atoms with Crippen molar-refractivity contribution in [1.82, 2.24) is 9.80 Å². The third kappa shape index (κ3) is 5.42. The number of ether oxygens (including phenoxy) is 2. The molecule has 0 aromatic heterocycles. The summed E-state index contributed by atoms with van der Waals surface area (Å²) in [7, 11) is -3.75. The number of benzene rings is 3. The highest BCUT2D eigenvalue weighted by Crippen LogP contribution is 2.36. The first-order valence-corrected chi connectivity index (χ1v) is 15.9. The van der Waals surface area contributed by atoms with Gasteiger partial charge in [-0.1, -0.05) is 18.2 Å². The first-order valence-electron chi connectivity index (χ1n) is 14.4. The fraction of sp³-hybridized carbons (Fsp3) is 0.375. The molecule has 9 nitrogen and oxygen atoms in total. The molecule has 3 aliphatic rings. The monoisotopic (exact) mass is 586 g/mol. The molecule has 3 heterocycles. The van der Waals surface area contributed by atoms with Crippen molar-refractivity contribution in [2.75, 3.05) is 37.9 Å². The molecule has 0 aliphatic carbocycles. The van der Waals surface area contributed by atoms with Crippen molar-refractivity contribution in [3.63, 3.8) is 0 Å². The van der Waals surface area contributed by atoms with Gasteiger partial charge in [-0.3, -0.25) is 9.69 Å². The lowest BCUT2D eigenvalue weighted by atomic mass is 9.96. The number of nitriles is 1. The van der Waals surface area contributed by atoms with Gasteiger partial charge in [-0.2, -0.15) is 5.26 Å². The zero-order valence-corrected chi connectivity index (χ0v) is 24.4. The van der Waals surface area contributed by atoms with E-state index < -0.39 is 9.84 Å². The van der Waals surface area contributed by atoms with E-state index in [-0.39, 0.29) is 28.5 Å². The molecule has 3 aromatic rings. The number of likely N-dealkylation sites (tertiary alicyclic amines) is 2. The number of nitrogens with zero attached hydrogens (tertiary/aromatic N) is 4. The number of hydrogen-bond acceptors (Lipinski definition) is 8. The van der Waals surface area contributed by atoms with Crippen LogP contribution in [0.2, 0.25) is 0 Å². The van der Waals surface area contributed by atoms with Gasteiger partial charge in [0.15, 0.2) is 17.7 Å². The summed E-state index contributed by atoms with van der Waals surface area (Å²) in [5, 5.41) is 10.0. The molecule has 0 saturated carbocycles. The zero-order chi connectivity index (χ0) is 29.3. The van der Waals surface area contributed by atoms with Gasteiger partial charge in [-0.15, -0.1) is 0 Å². The smallest absolute Gasteiger partial charge is 0.254 e. The number of carbonyl (C=O) groups excluding carboxylic acids is 1. The summed E-state index contributed by atoms with van der Waals surface area (Å²) in [6, 6.07) is 19.3. The van der Waals surface area contributed by atoms with Crippen LogP contribution in [-0.2, 0) is 9.84 Å². The van der Waals surface area contributed by atoms with E-state index in [0.717, 1.165) is 63.0 Å². The molecule has 1 amide bonds. The predicted octanol–water partition coefficient (Wildman–Crippen LogP) is 4.61. The molecule has 0 radical (unpaired) electrons. The number of carbonyl (C=O) groups is 1. The number of rotatable bonds is 6. The predicted molar refractivity (Wildman–Crippen MR) is 157 cm³/mol. The van der Waals surface area contributed by atoms with Crippen molar-refractivity contribution in [2.45, 2.75) is 54.5 Å². The Hall–Kier alpha value is -4.07. The van der Waals surface area contributed by atoms with Crippen molar-refractivity contribution < 1.29 is 22.7 Å². The van der Waals surface area contributed by atoms with Crippen molar-refractivity contribution in [1.29, 1.82) is 5.26 Å². The molecule has 218 valence electrons. The van der Waals surface area contributed by atoms with Gasteiger partial charge in [0.2, 0.25) is 16.6 Å². The molecule has 0 unspecified atom stereocenters. The van der Waals surface area contributed by atoms with E-state index in [1.165, 1.54) is 12.1 Å². The summed E-state index contributed by atoms with van der Waals surface area (Å²) in [6.07, 6.45) is 5.91. The van der Waals surface area contributed by atoms with Crippen LogP contribution in [0.25, 0.3) is 0 Å². The van der Waals surface area contributed by atoms with Gasteiger partial charge < -0.3 is 19.3 Å². The standard InChI is InChI=1S/C32H34N4O5S/c1-23-4-2-3-5-29(23)32(37)35-18-12-24(13-19-35)34-16-14-26(15-17-34)36(21-33)25-6-8-27(9-7-25)42(38,39)28-10-11-30-31(20-28)41-22-40-30/h2-11,20,24,26H,12-19,22H2,1H3. The van der Waals surface area contributed by atoms with Gasteiger partial charge in [-0.25, -0.2) is 8.42 Å². The normalized spacial score (nSPS) is 18.0. The van der Waals surface area contributed by atoms with E-state index in [2.05, 4.69) is 11.1 Å². The van der Waals surface area contributed by atoms with Crippen molar-refractivity contribution in [3.8, 4) is 17.7 Å². The van der Waals surface area contributed by atoms with Crippen molar-refractivity contribution >= 4 is 21.4 Å². The van der Waals surface area contributed by atoms with E-state index in [1.807, 2.05) is 36.1 Å². The second kappa shape index (κ2) is 11.7. The average molecular weight is 587 g/mol. The minimum Gasteiger partial charge on any atom is -0.454 e. The van der Waals surface area contributed by atoms with Crippen LogP contribution < -0.4 is 14.4 Å². The van der Waals surface area contributed by atoms with Crippen LogP contribution in [0.5, 0.6) is 11.5 Å². The van der Waals surface area contributed by atoms with Gasteiger partial charge in [0.1, 0.15) is 0 Å². The molecule has 42 heavy (non-hydrogen) atoms. The summed E-state index contributed by atoms with van der Waals surface area (Å²) in [5.74, 6) is 1.05. The maximum Gasteiger partial charge on any atom is 0.254 e. The lowest BCUT2D eigenvalue weighted by Gasteiger charge is -2.43. The minimum absolute atomic E-state index is 0.0466. The van der Waals surface area contributed by atoms with Gasteiger partial charge in [0.25, 0.3) is 5.91 Å². The van der Waals surface area contributed by atoms with Gasteiger partial charge in [0, 0.05) is 49.9 Å². The van der Waals surface area contributed by atoms with Crippen molar-refractivity contribution in [2.24, 2.45) is 0 Å². The molecule has 2 fully saturated rings. The van der Waals surface area contributed by atoms with Crippen LogP contribution in [0, 0.1) is 18.4 Å². The molecule has 3 aliphatic heterocycles. The number of aryl methyl sites for hydroxylation is 1. The Morgan fingerprint density at radius 3 is 2.24 bits per heavy atom. The largest absolute Gasteiger partial charge is 0.454 e. The van der Waals surface area contributed by atoms with Crippen LogP contribution in [0.3, 0.4) is 0 Å². The summed E-state index contributed by atoms with van der Waals surface area (Å²) < 4.78 is 37.1. The van der Waals surface area contributed by atoms with Crippen molar-refractivity contribution in [3.05, 3.63) is 77.9 Å². The number of anilines is 1. The maximum absolute atomic E-state index is 13.2. The van der Waals surface area contributed by atoms with E-state index in [9.17, 15) is 18.5 Å². The minimum atomic E-state index is -3.75. The fourth-order valence-electron chi connectivity index (χ4n) is 6.24. The Bertz CT molecular complexity index is 1600. The lowest BCUT2D eigenvalue weighted by Crippen LogP contribution is -2.51. The summed E-state index contributed by atoms with van der Waals surface area (Å²) >= 11 is 0. The molecule has 6 rings (SSSR count). The molecular weight excluding hydrogens is 552 g/mol. The van der Waals surface area contributed by atoms with E-state index in [0.29, 0.717) is 23.2 Å². The van der Waals surface area contributed by atoms with Crippen LogP contribution in [0.15, 0.2) is 76.5 Å². The average Bonchev–Trinajstić information content (AvgIpc) is 3.50. The summed E-state index contributed by atoms with van der Waals surface area (Å²) in [6.45, 7) is 5.33. The SMILES string of the molecule is Cc1ccccc1C(=O)N1CCC(N2CCC(N(C#N)c3ccc(S(=O)(=O)c4ccc5c(c4)OCO5)cc3)CC2)CC1. The van der Waals surface area contributed by atoms with Crippen LogP contribution in [0.4, 0.5) is 5.69 Å². The highest BCUT2D eigenvalue weighted by molar-refractivity contribution is 7.91. The number of sulfone groups is 1. The number of piperidine rings is 2.